The molecule has 0 bridgehead atoms. The number of carbonyl (C=O) groups excluding carboxylic acids is 1. The van der Waals surface area contributed by atoms with Gasteiger partial charge in [-0.3, -0.25) is 19.8 Å². The fourth-order valence-corrected chi connectivity index (χ4v) is 1.65. The highest BCUT2D eigenvalue weighted by molar-refractivity contribution is 7.97. The highest BCUT2D eigenvalue weighted by Gasteiger charge is 2.19. The largest absolute Gasteiger partial charge is 0.392 e. The van der Waals surface area contributed by atoms with Gasteiger partial charge in [0.1, 0.15) is 6.23 Å². The predicted molar refractivity (Wildman–Crippen MR) is 71.0 cm³/mol. The van der Waals surface area contributed by atoms with E-state index in [-0.39, 0.29) is 17.8 Å². The van der Waals surface area contributed by atoms with E-state index in [0.29, 0.717) is 5.56 Å². The molecular formula is C11H14N2O5S. The molecule has 1 aromatic rings. The van der Waals surface area contributed by atoms with E-state index in [9.17, 15) is 20.0 Å². The fourth-order valence-electron chi connectivity index (χ4n) is 1.51. The average Bonchev–Trinajstić information content (AvgIpc) is 2.37. The van der Waals surface area contributed by atoms with Crippen LogP contribution in [0.15, 0.2) is 18.2 Å². The summed E-state index contributed by atoms with van der Waals surface area (Å²) in [7, 11) is 1.52. The van der Waals surface area contributed by atoms with Crippen molar-refractivity contribution in [1.82, 2.24) is 4.90 Å². The van der Waals surface area contributed by atoms with Crippen LogP contribution in [0.25, 0.3) is 0 Å². The molecule has 0 aliphatic rings. The summed E-state index contributed by atoms with van der Waals surface area (Å²) in [5.74, 6) is 0. The summed E-state index contributed by atoms with van der Waals surface area (Å²) in [6.07, 6.45) is -1.11. The van der Waals surface area contributed by atoms with Gasteiger partial charge in [-0.2, -0.15) is 0 Å². The average molecular weight is 286 g/mol. The molecular weight excluding hydrogens is 272 g/mol. The Kier molecular flexibility index (Phi) is 5.43. The Morgan fingerprint density at radius 1 is 1.58 bits per heavy atom. The number of carbonyl (C=O) groups is 1. The number of hydrogen-bond acceptors (Lipinski definition) is 6. The van der Waals surface area contributed by atoms with Gasteiger partial charge in [-0.25, -0.2) is 0 Å². The van der Waals surface area contributed by atoms with Crippen molar-refractivity contribution >= 4 is 23.4 Å². The van der Waals surface area contributed by atoms with E-state index in [2.05, 4.69) is 12.6 Å². The van der Waals surface area contributed by atoms with E-state index in [1.807, 2.05) is 0 Å². The molecule has 0 aromatic heterocycles. The zero-order valence-corrected chi connectivity index (χ0v) is 11.1. The molecule has 1 unspecified atom stereocenters. The van der Waals surface area contributed by atoms with Crippen molar-refractivity contribution < 1.29 is 19.9 Å². The van der Waals surface area contributed by atoms with Crippen LogP contribution >= 0.6 is 12.6 Å². The Balaban J connectivity index is 3.07. The Labute approximate surface area is 115 Å². The number of nitro benzene ring substituents is 1. The molecule has 7 nitrogen and oxygen atoms in total. The van der Waals surface area contributed by atoms with Crippen molar-refractivity contribution in [2.75, 3.05) is 13.7 Å². The summed E-state index contributed by atoms with van der Waals surface area (Å²) in [5.41, 5.74) is 0.236. The van der Waals surface area contributed by atoms with Crippen LogP contribution in [-0.2, 0) is 6.54 Å². The first-order valence-corrected chi connectivity index (χ1v) is 5.81. The first kappa shape index (κ1) is 15.6. The minimum Gasteiger partial charge on any atom is -0.392 e. The molecule has 8 heteroatoms. The van der Waals surface area contributed by atoms with Crippen LogP contribution in [0.3, 0.4) is 0 Å². The molecule has 0 fully saturated rings. The molecule has 0 radical (unpaired) electrons. The number of aliphatic hydroxyl groups excluding tert-OH is 2. The summed E-state index contributed by atoms with van der Waals surface area (Å²) in [4.78, 5) is 22.8. The molecule has 104 valence electrons. The SMILES string of the molecule is CN(Cc1ccc(C(=O)S)cc1[N+](=O)[O-])C(O)CO. The molecule has 19 heavy (non-hydrogen) atoms. The molecule has 1 aromatic carbocycles. The smallest absolute Gasteiger partial charge is 0.274 e. The lowest BCUT2D eigenvalue weighted by Gasteiger charge is -2.21. The van der Waals surface area contributed by atoms with Gasteiger partial charge in [0, 0.05) is 23.7 Å². The minimum absolute atomic E-state index is 0.0685. The number of likely N-dealkylation sites (N-methyl/N-ethyl adjacent to an activating group) is 1. The van der Waals surface area contributed by atoms with E-state index >= 15 is 0 Å². The molecule has 0 spiro atoms. The number of nitro groups is 1. The van der Waals surface area contributed by atoms with Gasteiger partial charge < -0.3 is 10.2 Å². The molecule has 0 saturated carbocycles. The lowest BCUT2D eigenvalue weighted by Crippen LogP contribution is -2.34. The van der Waals surface area contributed by atoms with E-state index in [0.717, 1.165) is 6.07 Å². The summed E-state index contributed by atoms with van der Waals surface area (Å²) >= 11 is 3.61. The van der Waals surface area contributed by atoms with Crippen LogP contribution in [0.5, 0.6) is 0 Å². The zero-order chi connectivity index (χ0) is 14.6. The molecule has 2 N–H and O–H groups in total. The van der Waals surface area contributed by atoms with E-state index in [1.54, 1.807) is 0 Å². The maximum atomic E-state index is 11.1. The quantitative estimate of drug-likeness (QED) is 0.303. The van der Waals surface area contributed by atoms with Crippen molar-refractivity contribution in [3.63, 3.8) is 0 Å². The Morgan fingerprint density at radius 3 is 2.68 bits per heavy atom. The number of hydrogen-bond donors (Lipinski definition) is 3. The number of rotatable bonds is 6. The number of aliphatic hydroxyl groups is 2. The maximum Gasteiger partial charge on any atom is 0.274 e. The lowest BCUT2D eigenvalue weighted by atomic mass is 10.1. The monoisotopic (exact) mass is 286 g/mol. The molecule has 1 atom stereocenters. The predicted octanol–water partition coefficient (Wildman–Crippen LogP) is 0.407. The van der Waals surface area contributed by atoms with Gasteiger partial charge in [-0.15, -0.1) is 12.6 Å². The summed E-state index contributed by atoms with van der Waals surface area (Å²) in [6, 6.07) is 4.00. The molecule has 0 aliphatic carbocycles. The number of benzene rings is 1. The molecule has 1 rings (SSSR count). The van der Waals surface area contributed by atoms with E-state index < -0.39 is 22.9 Å². The zero-order valence-electron chi connectivity index (χ0n) is 10.2. The first-order valence-electron chi connectivity index (χ1n) is 5.36. The van der Waals surface area contributed by atoms with Gasteiger partial charge in [0.2, 0.25) is 5.12 Å². The van der Waals surface area contributed by atoms with Gasteiger partial charge in [0.25, 0.3) is 5.69 Å². The third kappa shape index (κ3) is 4.00. The third-order valence-electron chi connectivity index (χ3n) is 2.62. The lowest BCUT2D eigenvalue weighted by molar-refractivity contribution is -0.385. The second-order valence-corrected chi connectivity index (χ2v) is 4.39. The number of thiol groups is 1. The Hall–Kier alpha value is -1.48. The van der Waals surface area contributed by atoms with Gasteiger partial charge in [0.15, 0.2) is 0 Å². The maximum absolute atomic E-state index is 11.1. The Bertz CT molecular complexity index is 494. The Morgan fingerprint density at radius 2 is 2.21 bits per heavy atom. The van der Waals surface area contributed by atoms with Gasteiger partial charge in [0.05, 0.1) is 11.5 Å². The van der Waals surface area contributed by atoms with Gasteiger partial charge in [-0.1, -0.05) is 6.07 Å². The topological polar surface area (TPSA) is 104 Å². The van der Waals surface area contributed by atoms with E-state index in [1.165, 1.54) is 24.1 Å². The van der Waals surface area contributed by atoms with Gasteiger partial charge in [-0.05, 0) is 13.1 Å². The molecule has 0 amide bonds. The second kappa shape index (κ2) is 6.62. The van der Waals surface area contributed by atoms with Gasteiger partial charge >= 0.3 is 0 Å². The fraction of sp³-hybridized carbons (Fsp3) is 0.364. The highest BCUT2D eigenvalue weighted by Crippen LogP contribution is 2.23. The normalized spacial score (nSPS) is 12.5. The van der Waals surface area contributed by atoms with Crippen molar-refractivity contribution in [2.24, 2.45) is 0 Å². The number of nitrogens with zero attached hydrogens (tertiary/aromatic N) is 2. The van der Waals surface area contributed by atoms with Crippen molar-refractivity contribution in [3.8, 4) is 0 Å². The third-order valence-corrected chi connectivity index (χ3v) is 2.88. The summed E-state index contributed by atoms with van der Waals surface area (Å²) in [5, 5.41) is 28.6. The summed E-state index contributed by atoms with van der Waals surface area (Å²) in [6.45, 7) is -0.406. The highest BCUT2D eigenvalue weighted by atomic mass is 32.1. The van der Waals surface area contributed by atoms with Crippen molar-refractivity contribution in [1.29, 1.82) is 0 Å². The molecule has 0 heterocycles. The summed E-state index contributed by atoms with van der Waals surface area (Å²) < 4.78 is 0. The van der Waals surface area contributed by atoms with Crippen molar-refractivity contribution in [2.45, 2.75) is 12.8 Å². The standard InChI is InChI=1S/C11H14N2O5S/c1-12(10(15)6-14)5-8-3-2-7(11(16)19)4-9(8)13(17)18/h2-4,10,14-15H,5-6H2,1H3,(H,16,19). The molecule has 0 aliphatic heterocycles. The van der Waals surface area contributed by atoms with Crippen LogP contribution in [0, 0.1) is 10.1 Å². The van der Waals surface area contributed by atoms with Crippen molar-refractivity contribution in [3.05, 3.63) is 39.4 Å². The van der Waals surface area contributed by atoms with Crippen LogP contribution in [0.4, 0.5) is 5.69 Å². The van der Waals surface area contributed by atoms with Crippen LogP contribution in [-0.4, -0.2) is 45.0 Å². The van der Waals surface area contributed by atoms with E-state index in [4.69, 9.17) is 5.11 Å². The van der Waals surface area contributed by atoms with Crippen LogP contribution < -0.4 is 0 Å². The van der Waals surface area contributed by atoms with Crippen LogP contribution in [0.2, 0.25) is 0 Å². The molecule has 0 saturated heterocycles. The van der Waals surface area contributed by atoms with Crippen LogP contribution in [0.1, 0.15) is 15.9 Å². The minimum atomic E-state index is -1.11. The second-order valence-electron chi connectivity index (χ2n) is 3.98. The first-order chi connectivity index (χ1) is 8.86.